The molecular formula is C55H32N4. The van der Waals surface area contributed by atoms with E-state index in [0.29, 0.717) is 22.3 Å². The molecule has 0 bridgehead atoms. The Morgan fingerprint density at radius 2 is 0.542 bits per heavy atom. The number of benzene rings is 8. The highest BCUT2D eigenvalue weighted by atomic mass is 14.5. The van der Waals surface area contributed by atoms with Gasteiger partial charge in [0.05, 0.1) is 51.9 Å². The Hall–Kier alpha value is -8.28. The van der Waals surface area contributed by atoms with E-state index in [9.17, 15) is 21.0 Å². The van der Waals surface area contributed by atoms with Crippen molar-refractivity contribution in [3.05, 3.63) is 225 Å². The van der Waals surface area contributed by atoms with Crippen molar-refractivity contribution in [2.75, 3.05) is 0 Å². The molecule has 2 aliphatic carbocycles. The van der Waals surface area contributed by atoms with Gasteiger partial charge in [0, 0.05) is 0 Å². The van der Waals surface area contributed by atoms with Crippen LogP contribution in [0.25, 0.3) is 55.6 Å². The predicted molar refractivity (Wildman–Crippen MR) is 232 cm³/mol. The van der Waals surface area contributed by atoms with Gasteiger partial charge in [0.15, 0.2) is 0 Å². The highest BCUT2D eigenvalue weighted by Gasteiger charge is 2.49. The van der Waals surface area contributed by atoms with E-state index in [4.69, 9.17) is 0 Å². The third-order valence-electron chi connectivity index (χ3n) is 12.2. The molecule has 10 rings (SSSR count). The molecular weight excluding hydrogens is 717 g/mol. The highest BCUT2D eigenvalue weighted by Crippen LogP contribution is 2.60. The van der Waals surface area contributed by atoms with E-state index in [1.54, 1.807) is 0 Å². The lowest BCUT2D eigenvalue weighted by molar-refractivity contribution is 0.763. The minimum Gasteiger partial charge on any atom is -0.192 e. The molecule has 59 heavy (non-hydrogen) atoms. The molecule has 0 heterocycles. The summed E-state index contributed by atoms with van der Waals surface area (Å²) >= 11 is 0. The summed E-state index contributed by atoms with van der Waals surface area (Å²) in [5, 5.41) is 38.4. The Bertz CT molecular complexity index is 2950. The summed E-state index contributed by atoms with van der Waals surface area (Å²) in [6, 6.07) is 67.7. The van der Waals surface area contributed by atoms with Crippen molar-refractivity contribution in [3.8, 4) is 79.9 Å². The lowest BCUT2D eigenvalue weighted by Crippen LogP contribution is -2.30. The predicted octanol–water partition coefficient (Wildman–Crippen LogP) is 12.3. The van der Waals surface area contributed by atoms with E-state index in [-0.39, 0.29) is 0 Å². The fourth-order valence-electron chi connectivity index (χ4n) is 9.27. The summed E-state index contributed by atoms with van der Waals surface area (Å²) in [5.41, 5.74) is 19.8. The Kier molecular flexibility index (Phi) is 8.36. The van der Waals surface area contributed by atoms with Crippen molar-refractivity contribution < 1.29 is 0 Å². The van der Waals surface area contributed by atoms with Crippen molar-refractivity contribution >= 4 is 0 Å². The van der Waals surface area contributed by atoms with Crippen molar-refractivity contribution in [2.24, 2.45) is 0 Å². The van der Waals surface area contributed by atoms with E-state index >= 15 is 0 Å². The summed E-state index contributed by atoms with van der Waals surface area (Å²) < 4.78 is 0. The van der Waals surface area contributed by atoms with Gasteiger partial charge >= 0.3 is 0 Å². The lowest BCUT2D eigenvalue weighted by Gasteiger charge is -2.36. The number of nitriles is 4. The van der Waals surface area contributed by atoms with E-state index < -0.39 is 5.41 Å². The summed E-state index contributed by atoms with van der Waals surface area (Å²) in [4.78, 5) is 0. The molecule has 2 aliphatic rings. The number of aryl methyl sites for hydroxylation is 2. The van der Waals surface area contributed by atoms with E-state index in [1.807, 2.05) is 97.1 Å². The van der Waals surface area contributed by atoms with Crippen molar-refractivity contribution in [3.63, 3.8) is 0 Å². The Balaban J connectivity index is 1.32. The molecule has 0 aromatic heterocycles. The number of nitrogens with zero attached hydrogens (tertiary/aromatic N) is 4. The van der Waals surface area contributed by atoms with Gasteiger partial charge in [0.2, 0.25) is 0 Å². The first kappa shape index (κ1) is 35.2. The first-order valence-electron chi connectivity index (χ1n) is 19.6. The zero-order chi connectivity index (χ0) is 40.1. The summed E-state index contributed by atoms with van der Waals surface area (Å²) in [6.45, 7) is 0. The summed E-state index contributed by atoms with van der Waals surface area (Å²) in [6.07, 6.45) is 1.70. The number of fused-ring (bicyclic) bond motifs is 9. The molecule has 0 aliphatic heterocycles. The van der Waals surface area contributed by atoms with Crippen molar-refractivity contribution in [2.45, 2.75) is 18.3 Å². The second kappa shape index (κ2) is 14.0. The van der Waals surface area contributed by atoms with Gasteiger partial charge in [-0.2, -0.15) is 21.0 Å². The van der Waals surface area contributed by atoms with Crippen LogP contribution in [-0.4, -0.2) is 0 Å². The molecule has 272 valence electrons. The molecule has 8 aromatic rings. The third kappa shape index (κ3) is 5.72. The van der Waals surface area contributed by atoms with Gasteiger partial charge in [0.1, 0.15) is 0 Å². The zero-order valence-corrected chi connectivity index (χ0v) is 31.9. The van der Waals surface area contributed by atoms with Crippen LogP contribution in [0.3, 0.4) is 0 Å². The Morgan fingerprint density at radius 1 is 0.288 bits per heavy atom. The van der Waals surface area contributed by atoms with Crippen LogP contribution in [0.15, 0.2) is 170 Å². The largest absolute Gasteiger partial charge is 0.192 e. The van der Waals surface area contributed by atoms with E-state index in [0.717, 1.165) is 68.5 Å². The maximum atomic E-state index is 9.61. The maximum Gasteiger partial charge on any atom is 0.0991 e. The quantitative estimate of drug-likeness (QED) is 0.179. The SMILES string of the molecule is N#Cc1ccc(-c2ccc3c(c2)C2(c4cc(-c5ccc(C#N)cc5)ccc4CC3)c3cc(-c4ccc(C#N)cc4)ccc3-c3ccc(-c4ccc(C#N)cc4)cc32)cc1. The molecule has 4 nitrogen and oxygen atoms in total. The van der Waals surface area contributed by atoms with E-state index in [1.165, 1.54) is 33.4 Å². The number of rotatable bonds is 4. The lowest BCUT2D eigenvalue weighted by atomic mass is 9.65. The van der Waals surface area contributed by atoms with Crippen LogP contribution in [-0.2, 0) is 18.3 Å². The van der Waals surface area contributed by atoms with E-state index in [2.05, 4.69) is 97.1 Å². The highest BCUT2D eigenvalue weighted by molar-refractivity contribution is 5.92. The third-order valence-corrected chi connectivity index (χ3v) is 12.2. The monoisotopic (exact) mass is 748 g/mol. The van der Waals surface area contributed by atoms with Crippen molar-refractivity contribution in [1.29, 1.82) is 21.0 Å². The molecule has 0 saturated heterocycles. The van der Waals surface area contributed by atoms with Gasteiger partial charge < -0.3 is 0 Å². The van der Waals surface area contributed by atoms with Gasteiger partial charge in [-0.3, -0.25) is 0 Å². The molecule has 0 fully saturated rings. The normalized spacial score (nSPS) is 12.7. The second-order valence-corrected chi connectivity index (χ2v) is 15.3. The average molecular weight is 749 g/mol. The number of hydrogen-bond donors (Lipinski definition) is 0. The fraction of sp³-hybridized carbons (Fsp3) is 0.0545. The molecule has 0 atom stereocenters. The minimum absolute atomic E-state index is 0.617. The fourth-order valence-corrected chi connectivity index (χ4v) is 9.27. The molecule has 4 heteroatoms. The van der Waals surface area contributed by atoms with Crippen LogP contribution < -0.4 is 0 Å². The van der Waals surface area contributed by atoms with Gasteiger partial charge in [-0.1, -0.05) is 97.1 Å². The molecule has 0 radical (unpaired) electrons. The Morgan fingerprint density at radius 3 is 0.831 bits per heavy atom. The molecule has 0 unspecified atom stereocenters. The topological polar surface area (TPSA) is 95.2 Å². The molecule has 8 aromatic carbocycles. The summed E-state index contributed by atoms with van der Waals surface area (Å²) in [7, 11) is 0. The molecule has 1 spiro atoms. The summed E-state index contributed by atoms with van der Waals surface area (Å²) in [5.74, 6) is 0. The van der Waals surface area contributed by atoms with Crippen LogP contribution in [0.2, 0.25) is 0 Å². The van der Waals surface area contributed by atoms with Crippen LogP contribution in [0.1, 0.15) is 55.6 Å². The standard InChI is InChI=1S/C55H32N4/c56-31-35-1-9-39(10-2-35)45-21-19-43-17-18-44-20-22-46(40-11-3-36(32-57)4-12-40)28-52(44)55(51(43)27-45)53-29-47(41-13-5-37(33-58)6-14-41)23-25-49(53)50-26-24-48(30-54(50)55)42-15-7-38(34-59)8-16-42/h1-16,19-30H,17-18H2. The van der Waals surface area contributed by atoms with Gasteiger partial charge in [-0.05, 0) is 175 Å². The van der Waals surface area contributed by atoms with Crippen LogP contribution in [0.4, 0.5) is 0 Å². The maximum absolute atomic E-state index is 9.61. The average Bonchev–Trinajstić information content (AvgIpc) is 3.51. The smallest absolute Gasteiger partial charge is 0.0991 e. The van der Waals surface area contributed by atoms with Gasteiger partial charge in [0.25, 0.3) is 0 Å². The second-order valence-electron chi connectivity index (χ2n) is 15.3. The van der Waals surface area contributed by atoms with Crippen LogP contribution >= 0.6 is 0 Å². The molecule has 0 amide bonds. The first-order valence-corrected chi connectivity index (χ1v) is 19.6. The zero-order valence-electron chi connectivity index (χ0n) is 31.9. The minimum atomic E-state index is -0.762. The van der Waals surface area contributed by atoms with Gasteiger partial charge in [-0.25, -0.2) is 0 Å². The van der Waals surface area contributed by atoms with Gasteiger partial charge in [-0.15, -0.1) is 0 Å². The van der Waals surface area contributed by atoms with Crippen molar-refractivity contribution in [1.82, 2.24) is 0 Å². The number of hydrogen-bond acceptors (Lipinski definition) is 4. The molecule has 0 saturated carbocycles. The first-order chi connectivity index (χ1) is 29.0. The Labute approximate surface area is 343 Å². The van der Waals surface area contributed by atoms with Crippen LogP contribution in [0, 0.1) is 45.3 Å². The molecule has 0 N–H and O–H groups in total. The van der Waals surface area contributed by atoms with Crippen LogP contribution in [0.5, 0.6) is 0 Å².